The SMILES string of the molecule is Cl.O=[N+]([O-])c1cc(Br)cc([C@@H]2CCCN2)c1O. The van der Waals surface area contributed by atoms with Crippen LogP contribution in [0.25, 0.3) is 0 Å². The van der Waals surface area contributed by atoms with Crippen molar-refractivity contribution in [3.05, 3.63) is 32.3 Å². The predicted molar refractivity (Wildman–Crippen MR) is 69.7 cm³/mol. The number of nitro benzene ring substituents is 1. The van der Waals surface area contributed by atoms with E-state index in [0.717, 1.165) is 19.4 Å². The molecule has 0 unspecified atom stereocenters. The van der Waals surface area contributed by atoms with Gasteiger partial charge in [0.05, 0.1) is 4.92 Å². The Kier molecular flexibility index (Phi) is 4.73. The molecule has 1 aliphatic heterocycles. The fraction of sp³-hybridized carbons (Fsp3) is 0.400. The van der Waals surface area contributed by atoms with Crippen molar-refractivity contribution in [2.45, 2.75) is 18.9 Å². The number of phenolic OH excluding ortho intramolecular Hbond substituents is 1. The van der Waals surface area contributed by atoms with Gasteiger partial charge in [0.25, 0.3) is 0 Å². The van der Waals surface area contributed by atoms with E-state index >= 15 is 0 Å². The van der Waals surface area contributed by atoms with Gasteiger partial charge in [0, 0.05) is 22.1 Å². The van der Waals surface area contributed by atoms with Crippen LogP contribution < -0.4 is 5.32 Å². The van der Waals surface area contributed by atoms with Crippen molar-refractivity contribution < 1.29 is 10.0 Å². The van der Waals surface area contributed by atoms with Crippen LogP contribution >= 0.6 is 28.3 Å². The second-order valence-corrected chi connectivity index (χ2v) is 4.68. The number of rotatable bonds is 2. The average Bonchev–Trinajstić information content (AvgIpc) is 2.73. The lowest BCUT2D eigenvalue weighted by Crippen LogP contribution is -2.13. The third kappa shape index (κ3) is 2.88. The van der Waals surface area contributed by atoms with Gasteiger partial charge in [0.2, 0.25) is 0 Å². The molecule has 1 heterocycles. The molecule has 2 N–H and O–H groups in total. The van der Waals surface area contributed by atoms with Gasteiger partial charge >= 0.3 is 5.69 Å². The first-order valence-corrected chi connectivity index (χ1v) is 5.79. The van der Waals surface area contributed by atoms with Crippen LogP contribution in [-0.4, -0.2) is 16.6 Å². The molecule has 1 saturated heterocycles. The Morgan fingerprint density at radius 2 is 2.24 bits per heavy atom. The summed E-state index contributed by atoms with van der Waals surface area (Å²) in [5.74, 6) is -0.229. The van der Waals surface area contributed by atoms with Crippen molar-refractivity contribution in [3.8, 4) is 5.75 Å². The predicted octanol–water partition coefficient (Wildman–Crippen LogP) is 2.91. The molecular weight excluding hydrogens is 311 g/mol. The van der Waals surface area contributed by atoms with Gasteiger partial charge in [-0.05, 0) is 25.5 Å². The van der Waals surface area contributed by atoms with Crippen molar-refractivity contribution >= 4 is 34.0 Å². The minimum Gasteiger partial charge on any atom is -0.502 e. The molecule has 2 rings (SSSR count). The maximum atomic E-state index is 10.7. The van der Waals surface area contributed by atoms with E-state index in [1.54, 1.807) is 6.07 Å². The normalized spacial score (nSPS) is 18.8. The zero-order valence-electron chi connectivity index (χ0n) is 8.85. The highest BCUT2D eigenvalue weighted by atomic mass is 79.9. The van der Waals surface area contributed by atoms with Crippen LogP contribution in [0, 0.1) is 10.1 Å². The summed E-state index contributed by atoms with van der Waals surface area (Å²) < 4.78 is 0.612. The van der Waals surface area contributed by atoms with Gasteiger partial charge in [0.15, 0.2) is 5.75 Å². The van der Waals surface area contributed by atoms with E-state index in [2.05, 4.69) is 21.2 Å². The summed E-state index contributed by atoms with van der Waals surface area (Å²) in [5, 5.41) is 23.8. The minimum absolute atomic E-state index is 0. The molecular formula is C10H12BrClN2O3. The first-order valence-electron chi connectivity index (χ1n) is 5.00. The molecule has 17 heavy (non-hydrogen) atoms. The number of nitrogens with one attached hydrogen (secondary N) is 1. The summed E-state index contributed by atoms with van der Waals surface area (Å²) in [6.45, 7) is 0.879. The number of benzene rings is 1. The van der Waals surface area contributed by atoms with Crippen LogP contribution in [-0.2, 0) is 0 Å². The van der Waals surface area contributed by atoms with E-state index in [1.165, 1.54) is 6.07 Å². The molecule has 0 spiro atoms. The largest absolute Gasteiger partial charge is 0.502 e. The third-order valence-corrected chi connectivity index (χ3v) is 3.17. The van der Waals surface area contributed by atoms with Crippen LogP contribution in [0.3, 0.4) is 0 Å². The van der Waals surface area contributed by atoms with E-state index < -0.39 is 4.92 Å². The van der Waals surface area contributed by atoms with Crippen molar-refractivity contribution in [2.75, 3.05) is 6.54 Å². The van der Waals surface area contributed by atoms with Crippen LogP contribution in [0.15, 0.2) is 16.6 Å². The molecule has 1 atom stereocenters. The Hall–Kier alpha value is -0.850. The highest BCUT2D eigenvalue weighted by Crippen LogP contribution is 2.39. The lowest BCUT2D eigenvalue weighted by molar-refractivity contribution is -0.386. The molecule has 0 aliphatic carbocycles. The first-order chi connectivity index (χ1) is 7.59. The average molecular weight is 324 g/mol. The summed E-state index contributed by atoms with van der Waals surface area (Å²) in [5.41, 5.74) is 0.344. The van der Waals surface area contributed by atoms with E-state index in [9.17, 15) is 15.2 Å². The zero-order valence-corrected chi connectivity index (χ0v) is 11.3. The van der Waals surface area contributed by atoms with Gasteiger partial charge in [-0.25, -0.2) is 0 Å². The highest BCUT2D eigenvalue weighted by molar-refractivity contribution is 9.10. The molecule has 5 nitrogen and oxygen atoms in total. The maximum absolute atomic E-state index is 10.7. The molecule has 1 aromatic rings. The number of phenols is 1. The van der Waals surface area contributed by atoms with Gasteiger partial charge < -0.3 is 10.4 Å². The Morgan fingerprint density at radius 1 is 1.53 bits per heavy atom. The van der Waals surface area contributed by atoms with Crippen molar-refractivity contribution in [1.82, 2.24) is 5.32 Å². The highest BCUT2D eigenvalue weighted by Gasteiger charge is 2.25. The zero-order chi connectivity index (χ0) is 11.7. The van der Waals surface area contributed by atoms with Crippen molar-refractivity contribution in [2.24, 2.45) is 0 Å². The van der Waals surface area contributed by atoms with E-state index in [1.807, 2.05) is 0 Å². The first kappa shape index (κ1) is 14.2. The van der Waals surface area contributed by atoms with Crippen molar-refractivity contribution in [1.29, 1.82) is 0 Å². The smallest absolute Gasteiger partial charge is 0.312 e. The van der Waals surface area contributed by atoms with Crippen molar-refractivity contribution in [3.63, 3.8) is 0 Å². The second kappa shape index (κ2) is 5.66. The van der Waals surface area contributed by atoms with E-state index in [0.29, 0.717) is 10.0 Å². The molecule has 7 heteroatoms. The molecule has 94 valence electrons. The topological polar surface area (TPSA) is 75.4 Å². The van der Waals surface area contributed by atoms with Gasteiger partial charge in [-0.1, -0.05) is 15.9 Å². The number of hydrogen-bond donors (Lipinski definition) is 2. The molecule has 1 fully saturated rings. The fourth-order valence-electron chi connectivity index (χ4n) is 1.96. The molecule has 0 aromatic heterocycles. The maximum Gasteiger partial charge on any atom is 0.312 e. The molecule has 1 aliphatic rings. The molecule has 0 saturated carbocycles. The molecule has 0 amide bonds. The fourth-order valence-corrected chi connectivity index (χ4v) is 2.42. The Bertz CT molecular complexity index is 436. The summed E-state index contributed by atoms with van der Waals surface area (Å²) >= 11 is 3.22. The minimum atomic E-state index is -0.571. The van der Waals surface area contributed by atoms with E-state index in [4.69, 9.17) is 0 Å². The third-order valence-electron chi connectivity index (χ3n) is 2.72. The van der Waals surface area contributed by atoms with Crippen LogP contribution in [0.5, 0.6) is 5.75 Å². The Labute approximate surface area is 113 Å². The van der Waals surface area contributed by atoms with Crippen LogP contribution in [0.2, 0.25) is 0 Å². The van der Waals surface area contributed by atoms with Crippen LogP contribution in [0.4, 0.5) is 5.69 Å². The number of halogens is 2. The summed E-state index contributed by atoms with van der Waals surface area (Å²) in [6.07, 6.45) is 1.91. The molecule has 0 bridgehead atoms. The number of aromatic hydroxyl groups is 1. The van der Waals surface area contributed by atoms with E-state index in [-0.39, 0.29) is 29.9 Å². The van der Waals surface area contributed by atoms with Gasteiger partial charge in [-0.2, -0.15) is 0 Å². The summed E-state index contributed by atoms with van der Waals surface area (Å²) in [4.78, 5) is 10.2. The quantitative estimate of drug-likeness (QED) is 0.648. The summed E-state index contributed by atoms with van der Waals surface area (Å²) in [7, 11) is 0. The van der Waals surface area contributed by atoms with Crippen LogP contribution in [0.1, 0.15) is 24.4 Å². The molecule has 1 aromatic carbocycles. The summed E-state index contributed by atoms with van der Waals surface area (Å²) in [6, 6.07) is 3.05. The Balaban J connectivity index is 0.00000144. The lowest BCUT2D eigenvalue weighted by atomic mass is 10.0. The Morgan fingerprint density at radius 3 is 2.76 bits per heavy atom. The van der Waals surface area contributed by atoms with Gasteiger partial charge in [0.1, 0.15) is 0 Å². The lowest BCUT2D eigenvalue weighted by Gasteiger charge is -2.12. The standard InChI is InChI=1S/C10H11BrN2O3.ClH/c11-6-4-7(8-2-1-3-12-8)10(14)9(5-6)13(15)16;/h4-5,8,12,14H,1-3H2;1H/t8-;/m0./s1. The van der Waals surface area contributed by atoms with Gasteiger partial charge in [-0.15, -0.1) is 12.4 Å². The second-order valence-electron chi connectivity index (χ2n) is 3.77. The molecule has 0 radical (unpaired) electrons. The number of nitrogens with zero attached hydrogens (tertiary/aromatic N) is 1. The monoisotopic (exact) mass is 322 g/mol. The number of nitro groups is 1. The number of hydrogen-bond acceptors (Lipinski definition) is 4. The van der Waals surface area contributed by atoms with Gasteiger partial charge in [-0.3, -0.25) is 10.1 Å².